The molecule has 0 saturated heterocycles. The quantitative estimate of drug-likeness (QED) is 0.368. The number of oxazole rings is 1. The summed E-state index contributed by atoms with van der Waals surface area (Å²) in [5, 5.41) is 18.4. The maximum absolute atomic E-state index is 8.92. The van der Waals surface area contributed by atoms with Crippen molar-refractivity contribution >= 4 is 27.8 Å². The number of allylic oxidation sites excluding steroid dienone is 3. The Bertz CT molecular complexity index is 998. The number of aryl methyl sites for hydroxylation is 1. The molecule has 0 saturated carbocycles. The molecule has 0 aliphatic heterocycles. The summed E-state index contributed by atoms with van der Waals surface area (Å²) in [5.41, 5.74) is 3.67. The van der Waals surface area contributed by atoms with E-state index < -0.39 is 0 Å². The Hall–Kier alpha value is -3.28. The molecule has 3 rings (SSSR count). The highest BCUT2D eigenvalue weighted by Gasteiger charge is 2.10. The standard InChI is InChI=1S/C20H13N3OS/c1-14-6-9-16(10-7-14)19(11-8-15(12-21)13-22)25-20-23-17-4-2-3-5-18(17)24-20/h2-11H,1H3/b19-11-. The largest absolute Gasteiger partial charge is 0.431 e. The van der Waals surface area contributed by atoms with E-state index in [4.69, 9.17) is 14.9 Å². The average Bonchev–Trinajstić information content (AvgIpc) is 3.04. The van der Waals surface area contributed by atoms with E-state index in [9.17, 15) is 0 Å². The molecule has 0 fully saturated rings. The second-order valence-corrected chi connectivity index (χ2v) is 6.24. The lowest BCUT2D eigenvalue weighted by Gasteiger charge is -2.04. The minimum Gasteiger partial charge on any atom is -0.431 e. The Balaban J connectivity index is 2.00. The molecule has 0 amide bonds. The Labute approximate surface area is 149 Å². The van der Waals surface area contributed by atoms with Crippen molar-refractivity contribution < 1.29 is 4.42 Å². The summed E-state index contributed by atoms with van der Waals surface area (Å²) in [5.74, 6) is 0. The Kier molecular flexibility index (Phi) is 4.99. The first-order valence-corrected chi connectivity index (χ1v) is 8.34. The van der Waals surface area contributed by atoms with Crippen molar-refractivity contribution in [3.8, 4) is 12.1 Å². The molecule has 120 valence electrons. The Morgan fingerprint density at radius 1 is 1.04 bits per heavy atom. The van der Waals surface area contributed by atoms with E-state index in [2.05, 4.69) is 4.98 Å². The fourth-order valence-corrected chi connectivity index (χ4v) is 3.01. The minimum absolute atomic E-state index is 0.0442. The zero-order valence-corrected chi connectivity index (χ0v) is 14.2. The second kappa shape index (κ2) is 7.53. The van der Waals surface area contributed by atoms with Gasteiger partial charge in [-0.3, -0.25) is 0 Å². The Morgan fingerprint density at radius 2 is 1.76 bits per heavy atom. The summed E-state index contributed by atoms with van der Waals surface area (Å²) in [7, 11) is 0. The van der Waals surface area contributed by atoms with E-state index in [0.29, 0.717) is 5.22 Å². The molecule has 3 aromatic rings. The lowest BCUT2D eigenvalue weighted by atomic mass is 10.1. The number of para-hydroxylation sites is 2. The van der Waals surface area contributed by atoms with E-state index >= 15 is 0 Å². The number of hydrogen-bond acceptors (Lipinski definition) is 5. The van der Waals surface area contributed by atoms with Crippen LogP contribution in [0.15, 0.2) is 75.9 Å². The summed E-state index contributed by atoms with van der Waals surface area (Å²) in [6.45, 7) is 2.02. The minimum atomic E-state index is 0.0442. The number of benzene rings is 2. The van der Waals surface area contributed by atoms with Crippen molar-refractivity contribution in [3.05, 3.63) is 77.4 Å². The van der Waals surface area contributed by atoms with Crippen LogP contribution in [0.2, 0.25) is 0 Å². The van der Waals surface area contributed by atoms with Gasteiger partial charge < -0.3 is 4.42 Å². The SMILES string of the molecule is Cc1ccc(/C(=C/C=C(C#N)C#N)Sc2nc3ccccc3o2)cc1. The van der Waals surface area contributed by atoms with Crippen LogP contribution in [0.3, 0.4) is 0 Å². The number of nitrogens with zero attached hydrogens (tertiary/aromatic N) is 3. The van der Waals surface area contributed by atoms with Crippen molar-refractivity contribution in [1.82, 2.24) is 4.98 Å². The van der Waals surface area contributed by atoms with Crippen molar-refractivity contribution in [2.24, 2.45) is 0 Å². The van der Waals surface area contributed by atoms with Gasteiger partial charge in [-0.25, -0.2) is 4.98 Å². The molecule has 1 heterocycles. The molecule has 0 unspecified atom stereocenters. The van der Waals surface area contributed by atoms with Gasteiger partial charge >= 0.3 is 0 Å². The summed E-state index contributed by atoms with van der Waals surface area (Å²) >= 11 is 1.36. The van der Waals surface area contributed by atoms with E-state index in [1.54, 1.807) is 6.08 Å². The van der Waals surface area contributed by atoms with Gasteiger partial charge in [0.25, 0.3) is 5.22 Å². The highest BCUT2D eigenvalue weighted by molar-refractivity contribution is 8.08. The van der Waals surface area contributed by atoms with Gasteiger partial charge in [0, 0.05) is 4.91 Å². The number of fused-ring (bicyclic) bond motifs is 1. The van der Waals surface area contributed by atoms with E-state index in [1.807, 2.05) is 67.6 Å². The van der Waals surface area contributed by atoms with Crippen LogP contribution in [-0.4, -0.2) is 4.98 Å². The van der Waals surface area contributed by atoms with Gasteiger partial charge in [0.15, 0.2) is 5.58 Å². The predicted octanol–water partition coefficient (Wildman–Crippen LogP) is 5.24. The first-order chi connectivity index (χ1) is 12.2. The van der Waals surface area contributed by atoms with Gasteiger partial charge in [0.05, 0.1) is 0 Å². The van der Waals surface area contributed by atoms with Crippen molar-refractivity contribution in [1.29, 1.82) is 10.5 Å². The van der Waals surface area contributed by atoms with Crippen molar-refractivity contribution in [2.45, 2.75) is 12.1 Å². The molecule has 4 nitrogen and oxygen atoms in total. The lowest BCUT2D eigenvalue weighted by molar-refractivity contribution is 0.490. The summed E-state index contributed by atoms with van der Waals surface area (Å²) in [6.07, 6.45) is 3.25. The van der Waals surface area contributed by atoms with E-state index in [-0.39, 0.29) is 5.57 Å². The van der Waals surface area contributed by atoms with Gasteiger partial charge in [-0.1, -0.05) is 42.0 Å². The summed E-state index contributed by atoms with van der Waals surface area (Å²) in [6, 6.07) is 19.3. The van der Waals surface area contributed by atoms with Crippen LogP contribution in [0, 0.1) is 29.6 Å². The molecule has 25 heavy (non-hydrogen) atoms. The number of aromatic nitrogens is 1. The monoisotopic (exact) mass is 343 g/mol. The zero-order chi connectivity index (χ0) is 17.6. The smallest absolute Gasteiger partial charge is 0.261 e. The molecular weight excluding hydrogens is 330 g/mol. The molecule has 0 aliphatic carbocycles. The van der Waals surface area contributed by atoms with Crippen LogP contribution in [0.4, 0.5) is 0 Å². The first-order valence-electron chi connectivity index (χ1n) is 7.52. The van der Waals surface area contributed by atoms with Crippen LogP contribution in [0.5, 0.6) is 0 Å². The van der Waals surface area contributed by atoms with Gasteiger partial charge in [-0.15, -0.1) is 0 Å². The van der Waals surface area contributed by atoms with Crippen LogP contribution >= 0.6 is 11.8 Å². The topological polar surface area (TPSA) is 73.6 Å². The highest BCUT2D eigenvalue weighted by atomic mass is 32.2. The first kappa shape index (κ1) is 16.6. The molecule has 0 radical (unpaired) electrons. The molecule has 0 N–H and O–H groups in total. The molecule has 2 aromatic carbocycles. The molecule has 0 bridgehead atoms. The molecule has 0 aliphatic rings. The molecule has 5 heteroatoms. The van der Waals surface area contributed by atoms with Gasteiger partial charge in [-0.2, -0.15) is 10.5 Å². The summed E-state index contributed by atoms with van der Waals surface area (Å²) in [4.78, 5) is 5.31. The number of rotatable bonds is 4. The van der Waals surface area contributed by atoms with Crippen LogP contribution < -0.4 is 0 Å². The highest BCUT2D eigenvalue weighted by Crippen LogP contribution is 2.35. The van der Waals surface area contributed by atoms with E-state index in [0.717, 1.165) is 27.1 Å². The third-order valence-electron chi connectivity index (χ3n) is 3.45. The fourth-order valence-electron chi connectivity index (χ4n) is 2.15. The number of thioether (sulfide) groups is 1. The molecular formula is C20H13N3OS. The number of nitriles is 2. The Morgan fingerprint density at radius 3 is 2.44 bits per heavy atom. The molecule has 0 spiro atoms. The zero-order valence-electron chi connectivity index (χ0n) is 13.4. The average molecular weight is 343 g/mol. The lowest BCUT2D eigenvalue weighted by Crippen LogP contribution is -1.82. The van der Waals surface area contributed by atoms with Crippen molar-refractivity contribution in [3.63, 3.8) is 0 Å². The molecule has 1 aromatic heterocycles. The third kappa shape index (κ3) is 3.98. The fraction of sp³-hybridized carbons (Fsp3) is 0.0500. The second-order valence-electron chi connectivity index (χ2n) is 5.25. The van der Waals surface area contributed by atoms with Crippen LogP contribution in [0.1, 0.15) is 11.1 Å². The van der Waals surface area contributed by atoms with Crippen LogP contribution in [0.25, 0.3) is 16.0 Å². The maximum Gasteiger partial charge on any atom is 0.261 e. The maximum atomic E-state index is 8.92. The van der Waals surface area contributed by atoms with Crippen molar-refractivity contribution in [2.75, 3.05) is 0 Å². The van der Waals surface area contributed by atoms with Gasteiger partial charge in [0.2, 0.25) is 0 Å². The van der Waals surface area contributed by atoms with Gasteiger partial charge in [-0.05, 0) is 48.5 Å². The van der Waals surface area contributed by atoms with Gasteiger partial charge in [0.1, 0.15) is 23.2 Å². The number of hydrogen-bond donors (Lipinski definition) is 0. The predicted molar refractivity (Wildman–Crippen MR) is 98.3 cm³/mol. The third-order valence-corrected chi connectivity index (χ3v) is 4.39. The van der Waals surface area contributed by atoms with Crippen LogP contribution in [-0.2, 0) is 0 Å². The summed E-state index contributed by atoms with van der Waals surface area (Å²) < 4.78 is 5.76. The van der Waals surface area contributed by atoms with E-state index in [1.165, 1.54) is 17.8 Å². The molecule has 0 atom stereocenters. The normalized spacial score (nSPS) is 10.9.